The van der Waals surface area contributed by atoms with Crippen molar-refractivity contribution in [3.05, 3.63) is 53.2 Å². The molecule has 4 aromatic rings. The average molecular weight is 392 g/mol. The first kappa shape index (κ1) is 17.2. The maximum absolute atomic E-state index is 5.62. The highest BCUT2D eigenvalue weighted by molar-refractivity contribution is 7.08. The van der Waals surface area contributed by atoms with E-state index in [1.54, 1.807) is 15.9 Å². The molecular formula is C20H20N6OS. The summed E-state index contributed by atoms with van der Waals surface area (Å²) in [6.45, 7) is 4.73. The number of ether oxygens (including phenoxy) is 1. The molecule has 1 N–H and O–H groups in total. The lowest BCUT2D eigenvalue weighted by Crippen LogP contribution is -2.41. The quantitative estimate of drug-likeness (QED) is 0.569. The zero-order valence-electron chi connectivity index (χ0n) is 15.4. The summed E-state index contributed by atoms with van der Waals surface area (Å²) in [5.74, 6) is 1.49. The fourth-order valence-electron chi connectivity index (χ4n) is 3.38. The van der Waals surface area contributed by atoms with Crippen LogP contribution in [0, 0.1) is 0 Å². The molecule has 1 aromatic carbocycles. The Labute approximate surface area is 166 Å². The lowest BCUT2D eigenvalue weighted by Gasteiger charge is -2.33. The van der Waals surface area contributed by atoms with E-state index < -0.39 is 0 Å². The van der Waals surface area contributed by atoms with Gasteiger partial charge in [0.05, 0.1) is 12.7 Å². The summed E-state index contributed by atoms with van der Waals surface area (Å²) in [5, 5.41) is 20.6. The van der Waals surface area contributed by atoms with Crippen LogP contribution < -0.4 is 10.2 Å². The average Bonchev–Trinajstić information content (AvgIpc) is 3.38. The van der Waals surface area contributed by atoms with Gasteiger partial charge in [0.1, 0.15) is 0 Å². The number of thiophene rings is 1. The van der Waals surface area contributed by atoms with E-state index in [0.717, 1.165) is 48.2 Å². The molecule has 0 aliphatic carbocycles. The third kappa shape index (κ3) is 3.32. The molecule has 0 radical (unpaired) electrons. The van der Waals surface area contributed by atoms with Gasteiger partial charge in [-0.2, -0.15) is 15.9 Å². The first-order valence-corrected chi connectivity index (χ1v) is 10.2. The molecule has 7 nitrogen and oxygen atoms in total. The number of hydrogen-bond donors (Lipinski definition) is 1. The molecule has 0 bridgehead atoms. The molecule has 1 fully saturated rings. The molecule has 3 aromatic heterocycles. The first-order chi connectivity index (χ1) is 13.8. The van der Waals surface area contributed by atoms with Gasteiger partial charge in [-0.1, -0.05) is 0 Å². The van der Waals surface area contributed by atoms with Gasteiger partial charge in [0.25, 0.3) is 0 Å². The van der Waals surface area contributed by atoms with Crippen molar-refractivity contribution in [1.82, 2.24) is 19.8 Å². The number of nitrogens with one attached hydrogen (secondary N) is 1. The van der Waals surface area contributed by atoms with Crippen LogP contribution in [-0.2, 0) is 4.74 Å². The summed E-state index contributed by atoms with van der Waals surface area (Å²) < 4.78 is 7.39. The van der Waals surface area contributed by atoms with Gasteiger partial charge in [-0.3, -0.25) is 0 Å². The number of fused-ring (bicyclic) bond motifs is 1. The van der Waals surface area contributed by atoms with E-state index >= 15 is 0 Å². The van der Waals surface area contributed by atoms with Gasteiger partial charge in [0, 0.05) is 35.4 Å². The SMILES string of the molecule is CC1CN(c2ccc(Nc3ccc4nnc(-c5ccsc5)n4n3)cc2)CCO1. The van der Waals surface area contributed by atoms with Gasteiger partial charge in [-0.05, 0) is 54.8 Å². The maximum atomic E-state index is 5.62. The fourth-order valence-corrected chi connectivity index (χ4v) is 4.02. The Morgan fingerprint density at radius 3 is 2.79 bits per heavy atom. The van der Waals surface area contributed by atoms with Crippen molar-refractivity contribution in [2.24, 2.45) is 0 Å². The van der Waals surface area contributed by atoms with Crippen molar-refractivity contribution < 1.29 is 4.74 Å². The Morgan fingerprint density at radius 2 is 2.00 bits per heavy atom. The lowest BCUT2D eigenvalue weighted by atomic mass is 10.2. The molecule has 5 rings (SSSR count). The standard InChI is InChI=1S/C20H20N6OS/c1-14-12-25(9-10-27-14)17-4-2-16(3-5-17)21-18-6-7-19-22-23-20(26(19)24-18)15-8-11-28-13-15/h2-8,11,13-14H,9-10,12H2,1H3,(H,21,24). The van der Waals surface area contributed by atoms with E-state index in [1.165, 1.54) is 5.69 Å². The summed E-state index contributed by atoms with van der Waals surface area (Å²) in [6, 6.07) is 14.3. The Hall–Kier alpha value is -2.97. The molecule has 0 amide bonds. The van der Waals surface area contributed by atoms with Crippen LogP contribution in [-0.4, -0.2) is 45.6 Å². The third-order valence-corrected chi connectivity index (χ3v) is 5.47. The topological polar surface area (TPSA) is 67.6 Å². The molecule has 1 aliphatic rings. The second-order valence-electron chi connectivity index (χ2n) is 6.82. The van der Waals surface area contributed by atoms with E-state index in [4.69, 9.17) is 4.74 Å². The number of benzene rings is 1. The van der Waals surface area contributed by atoms with Gasteiger partial charge in [-0.25, -0.2) is 0 Å². The van der Waals surface area contributed by atoms with Crippen molar-refractivity contribution in [3.63, 3.8) is 0 Å². The van der Waals surface area contributed by atoms with Crippen molar-refractivity contribution in [2.45, 2.75) is 13.0 Å². The molecular weight excluding hydrogens is 372 g/mol. The molecule has 0 spiro atoms. The van der Waals surface area contributed by atoms with Crippen LogP contribution in [0.15, 0.2) is 53.2 Å². The normalized spacial score (nSPS) is 17.2. The molecule has 142 valence electrons. The van der Waals surface area contributed by atoms with Crippen LogP contribution in [0.25, 0.3) is 17.0 Å². The van der Waals surface area contributed by atoms with Crippen LogP contribution in [0.3, 0.4) is 0 Å². The predicted molar refractivity (Wildman–Crippen MR) is 111 cm³/mol. The highest BCUT2D eigenvalue weighted by atomic mass is 32.1. The summed E-state index contributed by atoms with van der Waals surface area (Å²) in [4.78, 5) is 2.35. The second kappa shape index (κ2) is 7.21. The van der Waals surface area contributed by atoms with Gasteiger partial charge >= 0.3 is 0 Å². The Balaban J connectivity index is 1.37. The number of anilines is 3. The number of nitrogens with zero attached hydrogens (tertiary/aromatic N) is 5. The number of morpholine rings is 1. The smallest absolute Gasteiger partial charge is 0.186 e. The first-order valence-electron chi connectivity index (χ1n) is 9.25. The Kier molecular flexibility index (Phi) is 4.42. The zero-order valence-corrected chi connectivity index (χ0v) is 16.3. The minimum atomic E-state index is 0.267. The largest absolute Gasteiger partial charge is 0.375 e. The summed E-state index contributed by atoms with van der Waals surface area (Å²) in [5.41, 5.74) is 3.94. The fraction of sp³-hybridized carbons (Fsp3) is 0.250. The van der Waals surface area contributed by atoms with Crippen LogP contribution in [0.1, 0.15) is 6.92 Å². The summed E-state index contributed by atoms with van der Waals surface area (Å²) in [6.07, 6.45) is 0.267. The van der Waals surface area contributed by atoms with Crippen LogP contribution >= 0.6 is 11.3 Å². The van der Waals surface area contributed by atoms with E-state index in [2.05, 4.69) is 56.7 Å². The monoisotopic (exact) mass is 392 g/mol. The number of aromatic nitrogens is 4. The Morgan fingerprint density at radius 1 is 1.11 bits per heavy atom. The van der Waals surface area contributed by atoms with E-state index in [1.807, 2.05) is 29.0 Å². The molecule has 28 heavy (non-hydrogen) atoms. The van der Waals surface area contributed by atoms with Gasteiger partial charge in [0.15, 0.2) is 17.3 Å². The molecule has 1 aliphatic heterocycles. The number of rotatable bonds is 4. The lowest BCUT2D eigenvalue weighted by molar-refractivity contribution is 0.0532. The zero-order chi connectivity index (χ0) is 18.9. The molecule has 1 unspecified atom stereocenters. The Bertz CT molecular complexity index is 1080. The minimum Gasteiger partial charge on any atom is -0.375 e. The van der Waals surface area contributed by atoms with Crippen LogP contribution in [0.4, 0.5) is 17.2 Å². The van der Waals surface area contributed by atoms with Crippen molar-refractivity contribution in [1.29, 1.82) is 0 Å². The van der Waals surface area contributed by atoms with E-state index in [9.17, 15) is 0 Å². The van der Waals surface area contributed by atoms with Crippen molar-refractivity contribution in [2.75, 3.05) is 29.9 Å². The van der Waals surface area contributed by atoms with Crippen molar-refractivity contribution in [3.8, 4) is 11.4 Å². The minimum absolute atomic E-state index is 0.267. The van der Waals surface area contributed by atoms with Gasteiger partial charge in [0.2, 0.25) is 0 Å². The molecule has 0 saturated carbocycles. The second-order valence-corrected chi connectivity index (χ2v) is 7.60. The van der Waals surface area contributed by atoms with Crippen molar-refractivity contribution >= 4 is 34.2 Å². The van der Waals surface area contributed by atoms with Gasteiger partial charge in [-0.15, -0.1) is 15.3 Å². The van der Waals surface area contributed by atoms with E-state index in [-0.39, 0.29) is 6.10 Å². The number of hydrogen-bond acceptors (Lipinski definition) is 7. The predicted octanol–water partition coefficient (Wildman–Crippen LogP) is 3.82. The molecule has 1 saturated heterocycles. The summed E-state index contributed by atoms with van der Waals surface area (Å²) in [7, 11) is 0. The van der Waals surface area contributed by atoms with Crippen LogP contribution in [0.2, 0.25) is 0 Å². The molecule has 4 heterocycles. The highest BCUT2D eigenvalue weighted by Crippen LogP contribution is 2.24. The maximum Gasteiger partial charge on any atom is 0.186 e. The van der Waals surface area contributed by atoms with Crippen LogP contribution in [0.5, 0.6) is 0 Å². The third-order valence-electron chi connectivity index (χ3n) is 4.79. The van der Waals surface area contributed by atoms with Gasteiger partial charge < -0.3 is 15.0 Å². The van der Waals surface area contributed by atoms with E-state index in [0.29, 0.717) is 0 Å². The molecule has 8 heteroatoms. The highest BCUT2D eigenvalue weighted by Gasteiger charge is 2.17. The summed E-state index contributed by atoms with van der Waals surface area (Å²) >= 11 is 1.63. The molecule has 1 atom stereocenters.